The summed E-state index contributed by atoms with van der Waals surface area (Å²) in [5.41, 5.74) is 3.88. The molecule has 0 amide bonds. The first-order chi connectivity index (χ1) is 8.52. The van der Waals surface area contributed by atoms with Crippen LogP contribution in [0.2, 0.25) is 0 Å². The van der Waals surface area contributed by atoms with Gasteiger partial charge in [-0.15, -0.1) is 0 Å². The van der Waals surface area contributed by atoms with E-state index in [1.54, 1.807) is 26.1 Å². The van der Waals surface area contributed by atoms with Gasteiger partial charge in [-0.3, -0.25) is 5.43 Å². The highest BCUT2D eigenvalue weighted by Gasteiger charge is 2.05. The second kappa shape index (κ2) is 6.85. The number of rotatable bonds is 4. The molecule has 0 fully saturated rings. The zero-order valence-electron chi connectivity index (χ0n) is 9.91. The molecule has 1 aromatic carbocycles. The Hall–Kier alpha value is -1.76. The molecule has 0 aromatic heterocycles. The van der Waals surface area contributed by atoms with Crippen LogP contribution in [0.3, 0.4) is 0 Å². The first-order valence-corrected chi connectivity index (χ1v) is 5.51. The van der Waals surface area contributed by atoms with Gasteiger partial charge in [0.05, 0.1) is 5.71 Å². The Morgan fingerprint density at radius 2 is 2.17 bits per heavy atom. The fraction of sp³-hybridized carbons (Fsp3) is 0.273. The molecule has 0 aliphatic rings. The Morgan fingerprint density at radius 1 is 1.44 bits per heavy atom. The summed E-state index contributed by atoms with van der Waals surface area (Å²) in [6, 6.07) is 6.29. The van der Waals surface area contributed by atoms with E-state index in [0.29, 0.717) is 16.4 Å². The molecule has 0 saturated carbocycles. The van der Waals surface area contributed by atoms with Gasteiger partial charge in [0.2, 0.25) is 0 Å². The van der Waals surface area contributed by atoms with Crippen LogP contribution in [0.4, 0.5) is 8.78 Å². The van der Waals surface area contributed by atoms with E-state index in [2.05, 4.69) is 20.6 Å². The summed E-state index contributed by atoms with van der Waals surface area (Å²) in [6.45, 7) is -1.11. The molecule has 98 valence electrons. The fourth-order valence-electron chi connectivity index (χ4n) is 1.15. The average Bonchev–Trinajstić information content (AvgIpc) is 2.35. The number of hydrogen-bond acceptors (Lipinski definition) is 3. The van der Waals surface area contributed by atoms with Crippen LogP contribution in [0.25, 0.3) is 0 Å². The molecule has 0 atom stereocenters. The molecule has 1 rings (SSSR count). The first kappa shape index (κ1) is 14.3. The molecular formula is C11H13F2N3OS. The minimum atomic E-state index is -2.84. The summed E-state index contributed by atoms with van der Waals surface area (Å²) in [5.74, 6) is 0.0910. The minimum absolute atomic E-state index is 0.0910. The molecule has 2 N–H and O–H groups in total. The Morgan fingerprint density at radius 3 is 2.78 bits per heavy atom. The van der Waals surface area contributed by atoms with E-state index in [0.717, 1.165) is 0 Å². The van der Waals surface area contributed by atoms with Crippen LogP contribution in [0.5, 0.6) is 5.75 Å². The predicted molar refractivity (Wildman–Crippen MR) is 70.1 cm³/mol. The summed E-state index contributed by atoms with van der Waals surface area (Å²) in [7, 11) is 1.66. The van der Waals surface area contributed by atoms with Crippen LogP contribution < -0.4 is 15.5 Å². The molecule has 0 bridgehead atoms. The molecule has 0 saturated heterocycles. The van der Waals surface area contributed by atoms with Gasteiger partial charge >= 0.3 is 6.61 Å². The van der Waals surface area contributed by atoms with Crippen LogP contribution in [0, 0.1) is 0 Å². The normalized spacial score (nSPS) is 11.3. The number of thiocarbonyl (C=S) groups is 1. The lowest BCUT2D eigenvalue weighted by Crippen LogP contribution is -2.29. The van der Waals surface area contributed by atoms with E-state index in [1.165, 1.54) is 12.1 Å². The third-order valence-corrected chi connectivity index (χ3v) is 2.32. The van der Waals surface area contributed by atoms with E-state index in [-0.39, 0.29) is 5.75 Å². The molecular weight excluding hydrogens is 260 g/mol. The Balaban J connectivity index is 2.79. The summed E-state index contributed by atoms with van der Waals surface area (Å²) in [5, 5.41) is 7.07. The van der Waals surface area contributed by atoms with Gasteiger partial charge in [-0.25, -0.2) is 0 Å². The summed E-state index contributed by atoms with van der Waals surface area (Å²) >= 11 is 4.85. The quantitative estimate of drug-likeness (QED) is 0.501. The summed E-state index contributed by atoms with van der Waals surface area (Å²) in [4.78, 5) is 0. The highest BCUT2D eigenvalue weighted by Crippen LogP contribution is 2.16. The molecule has 0 aliphatic heterocycles. The van der Waals surface area contributed by atoms with Gasteiger partial charge in [-0.05, 0) is 31.3 Å². The third kappa shape index (κ3) is 4.62. The Labute approximate surface area is 109 Å². The largest absolute Gasteiger partial charge is 0.435 e. The molecule has 0 aliphatic carbocycles. The maximum absolute atomic E-state index is 12.1. The molecule has 4 nitrogen and oxygen atoms in total. The van der Waals surface area contributed by atoms with Crippen LogP contribution >= 0.6 is 12.2 Å². The molecule has 1 aromatic rings. The molecule has 0 spiro atoms. The molecule has 0 unspecified atom stereocenters. The van der Waals surface area contributed by atoms with Crippen LogP contribution in [0.1, 0.15) is 12.5 Å². The molecule has 0 heterocycles. The summed E-state index contributed by atoms with van der Waals surface area (Å²) < 4.78 is 28.4. The number of nitrogens with one attached hydrogen (secondary N) is 2. The van der Waals surface area contributed by atoms with Crippen molar-refractivity contribution >= 4 is 23.0 Å². The lowest BCUT2D eigenvalue weighted by atomic mass is 10.1. The van der Waals surface area contributed by atoms with Crippen molar-refractivity contribution in [3.05, 3.63) is 29.8 Å². The van der Waals surface area contributed by atoms with Crippen molar-refractivity contribution in [3.63, 3.8) is 0 Å². The zero-order valence-corrected chi connectivity index (χ0v) is 10.7. The second-order valence-electron chi connectivity index (χ2n) is 3.29. The van der Waals surface area contributed by atoms with Crippen LogP contribution in [0.15, 0.2) is 29.4 Å². The third-order valence-electron chi connectivity index (χ3n) is 2.03. The number of benzene rings is 1. The maximum atomic E-state index is 12.1. The van der Waals surface area contributed by atoms with Crippen molar-refractivity contribution in [1.82, 2.24) is 10.7 Å². The van der Waals surface area contributed by atoms with Crippen molar-refractivity contribution in [1.29, 1.82) is 0 Å². The van der Waals surface area contributed by atoms with Crippen molar-refractivity contribution in [2.75, 3.05) is 7.05 Å². The number of hydrogen-bond donors (Lipinski definition) is 2. The number of alkyl halides is 2. The first-order valence-electron chi connectivity index (χ1n) is 5.10. The predicted octanol–water partition coefficient (Wildman–Crippen LogP) is 2.11. The molecule has 0 radical (unpaired) electrons. The summed E-state index contributed by atoms with van der Waals surface area (Å²) in [6.07, 6.45) is 0. The van der Waals surface area contributed by atoms with E-state index in [4.69, 9.17) is 12.2 Å². The number of halogens is 2. The van der Waals surface area contributed by atoms with Gasteiger partial charge in [0, 0.05) is 12.6 Å². The molecule has 18 heavy (non-hydrogen) atoms. The number of nitrogens with zero attached hydrogens (tertiary/aromatic N) is 1. The van der Waals surface area contributed by atoms with Gasteiger partial charge in [-0.2, -0.15) is 13.9 Å². The monoisotopic (exact) mass is 273 g/mol. The van der Waals surface area contributed by atoms with Gasteiger partial charge in [-0.1, -0.05) is 12.1 Å². The number of hydrazone groups is 1. The Kier molecular flexibility index (Phi) is 5.44. The van der Waals surface area contributed by atoms with E-state index in [9.17, 15) is 8.78 Å². The van der Waals surface area contributed by atoms with E-state index in [1.807, 2.05) is 0 Å². The van der Waals surface area contributed by atoms with E-state index < -0.39 is 6.61 Å². The van der Waals surface area contributed by atoms with E-state index >= 15 is 0 Å². The van der Waals surface area contributed by atoms with Crippen molar-refractivity contribution in [3.8, 4) is 5.75 Å². The number of ether oxygens (including phenoxy) is 1. The van der Waals surface area contributed by atoms with Gasteiger partial charge < -0.3 is 10.1 Å². The van der Waals surface area contributed by atoms with Crippen molar-refractivity contribution < 1.29 is 13.5 Å². The highest BCUT2D eigenvalue weighted by atomic mass is 32.1. The smallest absolute Gasteiger partial charge is 0.387 e. The van der Waals surface area contributed by atoms with Crippen LogP contribution in [-0.2, 0) is 0 Å². The fourth-order valence-corrected chi connectivity index (χ4v) is 1.20. The van der Waals surface area contributed by atoms with Gasteiger partial charge in [0.1, 0.15) is 5.75 Å². The standard InChI is InChI=1S/C11H13F2N3OS/c1-7(15-16-11(18)14-2)8-4-3-5-9(6-8)17-10(12)13/h3-6,10H,1-2H3,(H2,14,16,18). The van der Waals surface area contributed by atoms with Crippen molar-refractivity contribution in [2.24, 2.45) is 5.10 Å². The lowest BCUT2D eigenvalue weighted by Gasteiger charge is -2.07. The van der Waals surface area contributed by atoms with Gasteiger partial charge in [0.25, 0.3) is 0 Å². The second-order valence-corrected chi connectivity index (χ2v) is 3.70. The lowest BCUT2D eigenvalue weighted by molar-refractivity contribution is -0.0498. The molecule has 7 heteroatoms. The maximum Gasteiger partial charge on any atom is 0.387 e. The SMILES string of the molecule is CNC(=S)NN=C(C)c1cccc(OC(F)F)c1. The topological polar surface area (TPSA) is 45.7 Å². The zero-order chi connectivity index (χ0) is 13.5. The highest BCUT2D eigenvalue weighted by molar-refractivity contribution is 7.80. The van der Waals surface area contributed by atoms with Crippen molar-refractivity contribution in [2.45, 2.75) is 13.5 Å². The van der Waals surface area contributed by atoms with Gasteiger partial charge in [0.15, 0.2) is 5.11 Å². The average molecular weight is 273 g/mol. The van der Waals surface area contributed by atoms with Crippen LogP contribution in [-0.4, -0.2) is 24.5 Å². The minimum Gasteiger partial charge on any atom is -0.435 e. The Bertz CT molecular complexity index is 452.